The molecule has 1 heterocycles. The summed E-state index contributed by atoms with van der Waals surface area (Å²) in [4.78, 5) is 2.36. The Morgan fingerprint density at radius 2 is 1.45 bits per heavy atom. The van der Waals surface area contributed by atoms with Crippen molar-refractivity contribution in [3.05, 3.63) is 24.3 Å². The highest BCUT2D eigenvalue weighted by molar-refractivity contribution is 6.08. The van der Waals surface area contributed by atoms with Crippen molar-refractivity contribution in [1.29, 1.82) is 0 Å². The van der Waals surface area contributed by atoms with E-state index in [2.05, 4.69) is 21.2 Å². The summed E-state index contributed by atoms with van der Waals surface area (Å²) in [5.74, 6) is 1.64. The third-order valence-electron chi connectivity index (χ3n) is 2.81. The maximum Gasteiger partial charge on any atom is 0.161 e. The average Bonchev–Trinajstić information content (AvgIpc) is 2.60. The van der Waals surface area contributed by atoms with Crippen LogP contribution >= 0.6 is 0 Å². The van der Waals surface area contributed by atoms with Crippen molar-refractivity contribution >= 4 is 16.3 Å². The van der Waals surface area contributed by atoms with E-state index in [1.807, 2.05) is 52.0 Å². The molecule has 5 heteroatoms. The molecule has 1 aromatic rings. The molecule has 2 radical (unpaired) electrons. The maximum atomic E-state index is 5.36. The summed E-state index contributed by atoms with van der Waals surface area (Å²) in [7, 11) is 0. The van der Waals surface area contributed by atoms with Gasteiger partial charge < -0.3 is 19.1 Å². The van der Waals surface area contributed by atoms with E-state index < -0.39 is 0 Å². The fraction of sp³-hybridized carbons (Fsp3) is 0.647. The first-order valence-electron chi connectivity index (χ1n) is 8.16. The van der Waals surface area contributed by atoms with Gasteiger partial charge in [0.15, 0.2) is 11.5 Å². The third-order valence-corrected chi connectivity index (χ3v) is 3.33. The van der Waals surface area contributed by atoms with Crippen LogP contribution < -0.4 is 9.47 Å². The second-order valence-electron chi connectivity index (χ2n) is 4.23. The Kier molecular flexibility index (Phi) is 14.7. The Morgan fingerprint density at radius 3 is 1.77 bits per heavy atom. The Hall–Kier alpha value is -0.728. The Bertz CT molecular complexity index is 333. The van der Waals surface area contributed by atoms with E-state index in [1.165, 1.54) is 0 Å². The molecule has 0 aromatic heterocycles. The number of benzene rings is 1. The zero-order valence-corrected chi connectivity index (χ0v) is 15.7. The maximum absolute atomic E-state index is 5.36. The number of hydrogen-bond donors (Lipinski definition) is 0. The van der Waals surface area contributed by atoms with E-state index in [0.717, 1.165) is 43.2 Å². The highest BCUT2D eigenvalue weighted by atomic mass is 27.0. The fourth-order valence-electron chi connectivity index (χ4n) is 1.78. The lowest BCUT2D eigenvalue weighted by atomic mass is 10.3. The van der Waals surface area contributed by atoms with Gasteiger partial charge in [0, 0.05) is 13.1 Å². The van der Waals surface area contributed by atoms with Crippen LogP contribution in [0.3, 0.4) is 0 Å². The molecule has 0 unspecified atom stereocenters. The normalized spacial score (nSPS) is 14.0. The zero-order chi connectivity index (χ0) is 16.6. The first kappa shape index (κ1) is 21.3. The molecule has 1 saturated heterocycles. The molecule has 0 N–H and O–H groups in total. The lowest BCUT2D eigenvalue weighted by molar-refractivity contribution is 0.0466. The molecule has 0 amide bonds. The van der Waals surface area contributed by atoms with Crippen molar-refractivity contribution in [2.75, 3.05) is 44.9 Å². The minimum Gasteiger partial charge on any atom is -0.490 e. The fourth-order valence-corrected chi connectivity index (χ4v) is 2.15. The van der Waals surface area contributed by atoms with E-state index in [1.54, 1.807) is 0 Å². The topological polar surface area (TPSA) is 30.9 Å². The van der Waals surface area contributed by atoms with E-state index in [4.69, 9.17) is 14.2 Å². The first-order chi connectivity index (χ1) is 10.8. The summed E-state index contributed by atoms with van der Waals surface area (Å²) < 4.78 is 15.9. The number of nitrogens with zero attached hydrogens (tertiary/aromatic N) is 1. The van der Waals surface area contributed by atoms with Crippen molar-refractivity contribution in [2.45, 2.75) is 27.7 Å². The minimum atomic E-state index is 0.671. The molecule has 4 nitrogen and oxygen atoms in total. The van der Waals surface area contributed by atoms with Gasteiger partial charge in [-0.05, 0) is 26.0 Å². The summed E-state index contributed by atoms with van der Waals surface area (Å²) >= 11 is 2.72. The largest absolute Gasteiger partial charge is 0.490 e. The van der Waals surface area contributed by atoms with Gasteiger partial charge >= 0.3 is 0 Å². The van der Waals surface area contributed by atoms with Crippen LogP contribution in [-0.4, -0.2) is 66.1 Å². The molecular formula is C17H30AlNO3. The minimum absolute atomic E-state index is 0.671. The van der Waals surface area contributed by atoms with Crippen molar-refractivity contribution in [2.24, 2.45) is 0 Å². The van der Waals surface area contributed by atoms with Crippen LogP contribution in [0.5, 0.6) is 11.5 Å². The van der Waals surface area contributed by atoms with Gasteiger partial charge in [-0.25, -0.2) is 0 Å². The lowest BCUT2D eigenvalue weighted by Crippen LogP contribution is -2.36. The number of rotatable bonds is 5. The zero-order valence-electron chi connectivity index (χ0n) is 14.5. The van der Waals surface area contributed by atoms with Crippen LogP contribution in [0.15, 0.2) is 24.3 Å². The summed E-state index contributed by atoms with van der Waals surface area (Å²) in [6.07, 6.45) is 0. The van der Waals surface area contributed by atoms with Crippen LogP contribution in [0.2, 0.25) is 0 Å². The smallest absolute Gasteiger partial charge is 0.161 e. The van der Waals surface area contributed by atoms with Gasteiger partial charge in [-0.2, -0.15) is 0 Å². The van der Waals surface area contributed by atoms with E-state index in [9.17, 15) is 0 Å². The van der Waals surface area contributed by atoms with Crippen molar-refractivity contribution in [3.8, 4) is 11.5 Å². The quantitative estimate of drug-likeness (QED) is 0.780. The first-order valence-corrected chi connectivity index (χ1v) is 8.98. The average molecular weight is 323 g/mol. The number of para-hydroxylation sites is 2. The second kappa shape index (κ2) is 15.2. The van der Waals surface area contributed by atoms with E-state index in [-0.39, 0.29) is 0 Å². The van der Waals surface area contributed by atoms with Gasteiger partial charge in [0.1, 0.15) is 16.3 Å². The van der Waals surface area contributed by atoms with Gasteiger partial charge in [-0.1, -0.05) is 31.4 Å². The van der Waals surface area contributed by atoms with Gasteiger partial charge in [0.2, 0.25) is 0 Å². The molecule has 124 valence electrons. The monoisotopic (exact) mass is 323 g/mol. The molecule has 22 heavy (non-hydrogen) atoms. The van der Waals surface area contributed by atoms with E-state index in [0.29, 0.717) is 13.2 Å². The van der Waals surface area contributed by atoms with Crippen LogP contribution in [-0.2, 0) is 4.74 Å². The predicted molar refractivity (Wildman–Crippen MR) is 93.1 cm³/mol. The summed E-state index contributed by atoms with van der Waals surface area (Å²) in [5.41, 5.74) is 0. The molecule has 0 aliphatic carbocycles. The van der Waals surface area contributed by atoms with Crippen molar-refractivity contribution < 1.29 is 14.2 Å². The van der Waals surface area contributed by atoms with Crippen molar-refractivity contribution in [3.63, 3.8) is 0 Å². The lowest BCUT2D eigenvalue weighted by Gasteiger charge is -2.25. The molecule has 0 spiro atoms. The molecule has 0 saturated carbocycles. The van der Waals surface area contributed by atoms with Gasteiger partial charge in [-0.3, -0.25) is 0 Å². The Labute approximate surface area is 144 Å². The van der Waals surface area contributed by atoms with E-state index >= 15 is 0 Å². The van der Waals surface area contributed by atoms with Crippen LogP contribution in [0.4, 0.5) is 0 Å². The van der Waals surface area contributed by atoms with Crippen LogP contribution in [0.1, 0.15) is 27.7 Å². The highest BCUT2D eigenvalue weighted by Crippen LogP contribution is 2.25. The molecule has 1 aliphatic rings. The molecule has 1 aliphatic heterocycles. The summed E-state index contributed by atoms with van der Waals surface area (Å²) in [6.45, 7) is 13.3. The Morgan fingerprint density at radius 1 is 1.00 bits per heavy atom. The van der Waals surface area contributed by atoms with Gasteiger partial charge in [0.25, 0.3) is 0 Å². The molecule has 2 rings (SSSR count). The molecule has 0 atom stereocenters. The molecule has 0 bridgehead atoms. The molecule has 1 fully saturated rings. The number of morpholine rings is 1. The van der Waals surface area contributed by atoms with Crippen molar-refractivity contribution in [1.82, 2.24) is 4.90 Å². The summed E-state index contributed by atoms with van der Waals surface area (Å²) in [6, 6.07) is 7.70. The second-order valence-corrected chi connectivity index (χ2v) is 4.59. The Balaban J connectivity index is 0.000000382. The molecule has 1 aromatic carbocycles. The van der Waals surface area contributed by atoms with Crippen LogP contribution in [0.25, 0.3) is 0 Å². The van der Waals surface area contributed by atoms with Gasteiger partial charge in [0.05, 0.1) is 26.4 Å². The predicted octanol–water partition coefficient (Wildman–Crippen LogP) is 2.95. The third kappa shape index (κ3) is 9.32. The van der Waals surface area contributed by atoms with Crippen LogP contribution in [0, 0.1) is 0 Å². The van der Waals surface area contributed by atoms with Gasteiger partial charge in [-0.15, -0.1) is 0 Å². The standard InChI is InChI=1S/C10H14O2.C5H10NO.C2H6.Al/c1-3-11-9-7-5-6-8-10(9)12-4-2;1-6-2-4-7-5-3-6;1-2;/h5-8H,3-4H2,1-2H3;1-5H2;1-2H3;. The molecular weight excluding hydrogens is 293 g/mol. The SMILES string of the molecule is CC.CCOc1ccccc1OCC.[Al][CH2]N1CCOCC1. The highest BCUT2D eigenvalue weighted by Gasteiger charge is 2.05. The summed E-state index contributed by atoms with van der Waals surface area (Å²) in [5, 5.41) is 1.09. The number of hydrogen-bond acceptors (Lipinski definition) is 4. The number of ether oxygens (including phenoxy) is 3.